The van der Waals surface area contributed by atoms with Gasteiger partial charge in [0.2, 0.25) is 0 Å². The number of benzene rings is 2. The van der Waals surface area contributed by atoms with Gasteiger partial charge in [0.15, 0.2) is 9.84 Å². The molecule has 5 heteroatoms. The summed E-state index contributed by atoms with van der Waals surface area (Å²) in [5.41, 5.74) is 2.32. The third-order valence-corrected chi connectivity index (χ3v) is 4.68. The zero-order chi connectivity index (χ0) is 17.3. The molecule has 0 radical (unpaired) electrons. The average Bonchev–Trinajstić information content (AvgIpc) is 2.46. The highest BCUT2D eigenvalue weighted by atomic mass is 32.2. The zero-order valence-corrected chi connectivity index (χ0v) is 14.6. The molecule has 0 aromatic heterocycles. The average molecular weight is 331 g/mol. The van der Waals surface area contributed by atoms with E-state index in [-0.39, 0.29) is 16.2 Å². The summed E-state index contributed by atoms with van der Waals surface area (Å²) in [6.45, 7) is 6.35. The maximum Gasteiger partial charge on any atom is 0.255 e. The molecule has 0 saturated heterocycles. The molecule has 1 N–H and O–H groups in total. The van der Waals surface area contributed by atoms with Gasteiger partial charge in [0.05, 0.1) is 4.90 Å². The van der Waals surface area contributed by atoms with E-state index < -0.39 is 9.84 Å². The van der Waals surface area contributed by atoms with Gasteiger partial charge in [0, 0.05) is 17.5 Å². The monoisotopic (exact) mass is 331 g/mol. The molecule has 23 heavy (non-hydrogen) atoms. The van der Waals surface area contributed by atoms with E-state index >= 15 is 0 Å². The molecule has 4 nitrogen and oxygen atoms in total. The first-order chi connectivity index (χ1) is 10.6. The van der Waals surface area contributed by atoms with Crippen LogP contribution in [0, 0.1) is 0 Å². The minimum atomic E-state index is -3.23. The van der Waals surface area contributed by atoms with Crippen molar-refractivity contribution >= 4 is 21.4 Å². The second-order valence-corrected chi connectivity index (χ2v) is 8.59. The van der Waals surface area contributed by atoms with Crippen LogP contribution in [0.3, 0.4) is 0 Å². The van der Waals surface area contributed by atoms with Gasteiger partial charge in [-0.3, -0.25) is 4.79 Å². The Labute approximate surface area is 137 Å². The maximum atomic E-state index is 12.2. The summed E-state index contributed by atoms with van der Waals surface area (Å²) in [5, 5.41) is 2.76. The van der Waals surface area contributed by atoms with E-state index in [9.17, 15) is 13.2 Å². The first-order valence-electron chi connectivity index (χ1n) is 7.29. The van der Waals surface area contributed by atoms with Crippen LogP contribution in [-0.4, -0.2) is 20.6 Å². The standard InChI is InChI=1S/C18H21NO3S/c1-18(2,3)14-7-5-13(6-8-14)17(20)19-15-9-11-16(12-10-15)23(4,21)22/h5-12H,1-4H3,(H,19,20). The van der Waals surface area contributed by atoms with Crippen LogP contribution in [0.5, 0.6) is 0 Å². The van der Waals surface area contributed by atoms with Crippen molar-refractivity contribution in [1.29, 1.82) is 0 Å². The van der Waals surface area contributed by atoms with Crippen LogP contribution in [0.25, 0.3) is 0 Å². The quantitative estimate of drug-likeness (QED) is 0.934. The number of carbonyl (C=O) groups is 1. The SMILES string of the molecule is CC(C)(C)c1ccc(C(=O)Nc2ccc(S(C)(=O)=O)cc2)cc1. The van der Waals surface area contributed by atoms with Crippen molar-refractivity contribution in [2.24, 2.45) is 0 Å². The lowest BCUT2D eigenvalue weighted by Gasteiger charge is -2.19. The summed E-state index contributed by atoms with van der Waals surface area (Å²) < 4.78 is 22.8. The molecule has 2 aromatic carbocycles. The van der Waals surface area contributed by atoms with E-state index in [1.807, 2.05) is 12.1 Å². The second kappa shape index (κ2) is 6.16. The lowest BCUT2D eigenvalue weighted by atomic mass is 9.87. The number of nitrogens with one attached hydrogen (secondary N) is 1. The van der Waals surface area contributed by atoms with Crippen molar-refractivity contribution in [3.8, 4) is 0 Å². The first kappa shape index (κ1) is 17.2. The molecular weight excluding hydrogens is 310 g/mol. The van der Waals surface area contributed by atoms with Crippen molar-refractivity contribution in [1.82, 2.24) is 0 Å². The number of anilines is 1. The highest BCUT2D eigenvalue weighted by Gasteiger charge is 2.14. The van der Waals surface area contributed by atoms with Crippen LogP contribution in [0.2, 0.25) is 0 Å². The van der Waals surface area contributed by atoms with E-state index in [0.717, 1.165) is 11.8 Å². The molecule has 2 aromatic rings. The van der Waals surface area contributed by atoms with Crippen LogP contribution in [0.4, 0.5) is 5.69 Å². The molecule has 0 saturated carbocycles. The fraction of sp³-hybridized carbons (Fsp3) is 0.278. The van der Waals surface area contributed by atoms with Crippen LogP contribution in [-0.2, 0) is 15.3 Å². The Morgan fingerprint density at radius 3 is 1.87 bits per heavy atom. The van der Waals surface area contributed by atoms with Gasteiger partial charge >= 0.3 is 0 Å². The van der Waals surface area contributed by atoms with Crippen molar-refractivity contribution in [2.45, 2.75) is 31.1 Å². The normalized spacial score (nSPS) is 12.0. The number of hydrogen-bond acceptors (Lipinski definition) is 3. The summed E-state index contributed by atoms with van der Waals surface area (Å²) >= 11 is 0. The molecule has 0 aliphatic heterocycles. The third-order valence-electron chi connectivity index (χ3n) is 3.55. The summed E-state index contributed by atoms with van der Waals surface area (Å²) in [6, 6.07) is 13.6. The summed E-state index contributed by atoms with van der Waals surface area (Å²) in [7, 11) is -3.23. The fourth-order valence-corrected chi connectivity index (χ4v) is 2.74. The number of carbonyl (C=O) groups excluding carboxylic acids is 1. The molecule has 0 aliphatic carbocycles. The Kier molecular flexibility index (Phi) is 4.61. The molecule has 0 bridgehead atoms. The van der Waals surface area contributed by atoms with Gasteiger partial charge in [-0.25, -0.2) is 8.42 Å². The molecule has 0 aliphatic rings. The lowest BCUT2D eigenvalue weighted by molar-refractivity contribution is 0.102. The molecule has 0 spiro atoms. The predicted octanol–water partition coefficient (Wildman–Crippen LogP) is 3.64. The minimum Gasteiger partial charge on any atom is -0.322 e. The van der Waals surface area contributed by atoms with Gasteiger partial charge in [-0.05, 0) is 47.4 Å². The number of rotatable bonds is 3. The molecule has 0 fully saturated rings. The molecule has 0 heterocycles. The summed E-state index contributed by atoms with van der Waals surface area (Å²) in [4.78, 5) is 12.5. The zero-order valence-electron chi connectivity index (χ0n) is 13.8. The highest BCUT2D eigenvalue weighted by Crippen LogP contribution is 2.22. The second-order valence-electron chi connectivity index (χ2n) is 6.58. The van der Waals surface area contributed by atoms with Crippen molar-refractivity contribution in [3.63, 3.8) is 0 Å². The van der Waals surface area contributed by atoms with E-state index in [4.69, 9.17) is 0 Å². The van der Waals surface area contributed by atoms with Gasteiger partial charge in [-0.2, -0.15) is 0 Å². The third kappa shape index (κ3) is 4.42. The summed E-state index contributed by atoms with van der Waals surface area (Å²) in [5.74, 6) is -0.224. The highest BCUT2D eigenvalue weighted by molar-refractivity contribution is 7.90. The van der Waals surface area contributed by atoms with Crippen LogP contribution in [0.1, 0.15) is 36.7 Å². The number of sulfone groups is 1. The van der Waals surface area contributed by atoms with Crippen LogP contribution >= 0.6 is 0 Å². The fourth-order valence-electron chi connectivity index (χ4n) is 2.11. The van der Waals surface area contributed by atoms with Gasteiger partial charge < -0.3 is 5.32 Å². The van der Waals surface area contributed by atoms with E-state index in [1.165, 1.54) is 12.1 Å². The Hall–Kier alpha value is -2.14. The molecule has 122 valence electrons. The Morgan fingerprint density at radius 2 is 1.43 bits per heavy atom. The van der Waals surface area contributed by atoms with Crippen molar-refractivity contribution in [3.05, 3.63) is 59.7 Å². The van der Waals surface area contributed by atoms with E-state index in [1.54, 1.807) is 24.3 Å². The van der Waals surface area contributed by atoms with E-state index in [0.29, 0.717) is 11.3 Å². The van der Waals surface area contributed by atoms with Crippen LogP contribution in [0.15, 0.2) is 53.4 Å². The largest absolute Gasteiger partial charge is 0.322 e. The lowest BCUT2D eigenvalue weighted by Crippen LogP contribution is -2.14. The Balaban J connectivity index is 2.13. The van der Waals surface area contributed by atoms with Crippen LogP contribution < -0.4 is 5.32 Å². The van der Waals surface area contributed by atoms with Crippen molar-refractivity contribution in [2.75, 3.05) is 11.6 Å². The molecule has 1 amide bonds. The van der Waals surface area contributed by atoms with Gasteiger partial charge in [-0.15, -0.1) is 0 Å². The molecule has 0 unspecified atom stereocenters. The summed E-state index contributed by atoms with van der Waals surface area (Å²) in [6.07, 6.45) is 1.15. The maximum absolute atomic E-state index is 12.2. The van der Waals surface area contributed by atoms with Gasteiger partial charge in [0.1, 0.15) is 0 Å². The predicted molar refractivity (Wildman–Crippen MR) is 92.6 cm³/mol. The minimum absolute atomic E-state index is 0.0382. The van der Waals surface area contributed by atoms with Gasteiger partial charge in [-0.1, -0.05) is 32.9 Å². The Morgan fingerprint density at radius 1 is 0.913 bits per heavy atom. The molecular formula is C18H21NO3S. The topological polar surface area (TPSA) is 63.2 Å². The molecule has 0 atom stereocenters. The number of hydrogen-bond donors (Lipinski definition) is 1. The Bertz CT molecular complexity index is 799. The smallest absolute Gasteiger partial charge is 0.255 e. The molecule has 2 rings (SSSR count). The van der Waals surface area contributed by atoms with Gasteiger partial charge in [0.25, 0.3) is 5.91 Å². The first-order valence-corrected chi connectivity index (χ1v) is 9.18. The van der Waals surface area contributed by atoms with Crippen molar-refractivity contribution < 1.29 is 13.2 Å². The van der Waals surface area contributed by atoms with E-state index in [2.05, 4.69) is 26.1 Å². The number of amides is 1.